The molecule has 1 N–H and O–H groups in total. The van der Waals surface area contributed by atoms with Gasteiger partial charge in [-0.05, 0) is 31.4 Å². The molecule has 0 amide bonds. The van der Waals surface area contributed by atoms with Crippen LogP contribution in [0, 0.1) is 0 Å². The standard InChI is InChI=1S/C15H21NO/c1-2-12-7-9-13(10-8-12)15(17)14-6-4-3-5-11-16-14/h7-10,14,16H,2-6,11H2,1H3. The van der Waals surface area contributed by atoms with Crippen LogP contribution >= 0.6 is 0 Å². The molecule has 2 rings (SSSR count). The van der Waals surface area contributed by atoms with Crippen molar-refractivity contribution < 1.29 is 4.79 Å². The second kappa shape index (κ2) is 5.97. The normalized spacial score (nSPS) is 20.9. The minimum absolute atomic E-state index is 0.0324. The van der Waals surface area contributed by atoms with Gasteiger partial charge in [0.2, 0.25) is 0 Å². The summed E-state index contributed by atoms with van der Waals surface area (Å²) < 4.78 is 0. The van der Waals surface area contributed by atoms with Crippen molar-refractivity contribution in [2.45, 2.75) is 45.1 Å². The van der Waals surface area contributed by atoms with Gasteiger partial charge < -0.3 is 5.32 Å². The first-order valence-corrected chi connectivity index (χ1v) is 6.68. The molecule has 1 aliphatic heterocycles. The summed E-state index contributed by atoms with van der Waals surface area (Å²) in [7, 11) is 0. The number of hydrogen-bond acceptors (Lipinski definition) is 2. The lowest BCUT2D eigenvalue weighted by atomic mass is 9.99. The number of carbonyl (C=O) groups excluding carboxylic acids is 1. The molecule has 1 aliphatic rings. The van der Waals surface area contributed by atoms with Gasteiger partial charge in [-0.2, -0.15) is 0 Å². The van der Waals surface area contributed by atoms with Gasteiger partial charge in [-0.15, -0.1) is 0 Å². The fraction of sp³-hybridized carbons (Fsp3) is 0.533. The number of benzene rings is 1. The van der Waals surface area contributed by atoms with E-state index in [-0.39, 0.29) is 11.8 Å². The van der Waals surface area contributed by atoms with Crippen molar-refractivity contribution in [3.8, 4) is 0 Å². The maximum Gasteiger partial charge on any atom is 0.179 e. The largest absolute Gasteiger partial charge is 0.307 e. The third-order valence-corrected chi connectivity index (χ3v) is 3.52. The summed E-state index contributed by atoms with van der Waals surface area (Å²) in [6.07, 6.45) is 5.60. The number of nitrogens with one attached hydrogen (secondary N) is 1. The highest BCUT2D eigenvalue weighted by Gasteiger charge is 2.20. The average Bonchev–Trinajstić information content (AvgIpc) is 2.67. The molecule has 2 heteroatoms. The van der Waals surface area contributed by atoms with Gasteiger partial charge in [0, 0.05) is 5.56 Å². The highest BCUT2D eigenvalue weighted by Crippen LogP contribution is 2.14. The molecule has 1 aromatic carbocycles. The van der Waals surface area contributed by atoms with Gasteiger partial charge in [-0.1, -0.05) is 44.0 Å². The first-order valence-electron chi connectivity index (χ1n) is 6.68. The van der Waals surface area contributed by atoms with E-state index in [1.807, 2.05) is 12.1 Å². The number of Topliss-reactive ketones (excluding diaryl/α,β-unsaturated/α-hetero) is 1. The summed E-state index contributed by atoms with van der Waals surface area (Å²) in [6.45, 7) is 3.10. The molecule has 1 fully saturated rings. The zero-order valence-corrected chi connectivity index (χ0v) is 10.5. The smallest absolute Gasteiger partial charge is 0.179 e. The predicted molar refractivity (Wildman–Crippen MR) is 70.4 cm³/mol. The Morgan fingerprint density at radius 2 is 2.00 bits per heavy atom. The quantitative estimate of drug-likeness (QED) is 0.810. The Morgan fingerprint density at radius 1 is 1.24 bits per heavy atom. The van der Waals surface area contributed by atoms with Gasteiger partial charge in [-0.25, -0.2) is 0 Å². The summed E-state index contributed by atoms with van der Waals surface area (Å²) in [6, 6.07) is 8.08. The molecule has 1 atom stereocenters. The third-order valence-electron chi connectivity index (χ3n) is 3.52. The number of carbonyl (C=O) groups is 1. The van der Waals surface area contributed by atoms with E-state index >= 15 is 0 Å². The van der Waals surface area contributed by atoms with E-state index in [2.05, 4.69) is 24.4 Å². The molecule has 1 heterocycles. The Balaban J connectivity index is 2.06. The van der Waals surface area contributed by atoms with E-state index in [0.717, 1.165) is 31.4 Å². The molecule has 2 nitrogen and oxygen atoms in total. The van der Waals surface area contributed by atoms with Crippen LogP contribution in [0.1, 0.15) is 48.5 Å². The summed E-state index contributed by atoms with van der Waals surface area (Å²) in [5.74, 6) is 0.259. The van der Waals surface area contributed by atoms with Crippen molar-refractivity contribution in [2.75, 3.05) is 6.54 Å². The highest BCUT2D eigenvalue weighted by molar-refractivity contribution is 6.00. The molecule has 1 unspecified atom stereocenters. The molecular formula is C15H21NO. The van der Waals surface area contributed by atoms with Crippen LogP contribution in [0.4, 0.5) is 0 Å². The fourth-order valence-electron chi connectivity index (χ4n) is 2.36. The number of hydrogen-bond donors (Lipinski definition) is 1. The van der Waals surface area contributed by atoms with Gasteiger partial charge in [0.15, 0.2) is 5.78 Å². The van der Waals surface area contributed by atoms with Gasteiger partial charge >= 0.3 is 0 Å². The molecule has 0 saturated carbocycles. The fourth-order valence-corrected chi connectivity index (χ4v) is 2.36. The van der Waals surface area contributed by atoms with E-state index in [9.17, 15) is 4.79 Å². The molecule has 0 radical (unpaired) electrons. The van der Waals surface area contributed by atoms with Crippen LogP contribution in [0.3, 0.4) is 0 Å². The Labute approximate surface area is 103 Å². The summed E-state index contributed by atoms with van der Waals surface area (Å²) in [5, 5.41) is 3.36. The molecule has 1 aromatic rings. The lowest BCUT2D eigenvalue weighted by molar-refractivity contribution is 0.0940. The van der Waals surface area contributed by atoms with Crippen molar-refractivity contribution in [3.63, 3.8) is 0 Å². The average molecular weight is 231 g/mol. The zero-order valence-electron chi connectivity index (χ0n) is 10.5. The first-order chi connectivity index (χ1) is 8.31. The van der Waals surface area contributed by atoms with E-state index in [1.165, 1.54) is 18.4 Å². The van der Waals surface area contributed by atoms with Gasteiger partial charge in [0.1, 0.15) is 0 Å². The highest BCUT2D eigenvalue weighted by atomic mass is 16.1. The predicted octanol–water partition coefficient (Wildman–Crippen LogP) is 2.96. The topological polar surface area (TPSA) is 29.1 Å². The maximum absolute atomic E-state index is 12.3. The van der Waals surface area contributed by atoms with E-state index in [1.54, 1.807) is 0 Å². The molecule has 1 saturated heterocycles. The van der Waals surface area contributed by atoms with Crippen LogP contribution < -0.4 is 5.32 Å². The molecule has 0 aliphatic carbocycles. The molecular weight excluding hydrogens is 210 g/mol. The summed E-state index contributed by atoms with van der Waals surface area (Å²) in [5.41, 5.74) is 2.14. The van der Waals surface area contributed by atoms with Crippen molar-refractivity contribution >= 4 is 5.78 Å². The number of aryl methyl sites for hydroxylation is 1. The van der Waals surface area contributed by atoms with Crippen molar-refractivity contribution in [2.24, 2.45) is 0 Å². The molecule has 17 heavy (non-hydrogen) atoms. The summed E-state index contributed by atoms with van der Waals surface area (Å²) >= 11 is 0. The van der Waals surface area contributed by atoms with E-state index in [4.69, 9.17) is 0 Å². The maximum atomic E-state index is 12.3. The van der Waals surface area contributed by atoms with Crippen LogP contribution in [-0.2, 0) is 6.42 Å². The number of rotatable bonds is 3. The second-order valence-electron chi connectivity index (χ2n) is 4.77. The second-order valence-corrected chi connectivity index (χ2v) is 4.77. The molecule has 0 spiro atoms. The Bertz CT molecular complexity index is 361. The Kier molecular flexibility index (Phi) is 4.32. The molecule has 92 valence electrons. The van der Waals surface area contributed by atoms with Crippen LogP contribution in [-0.4, -0.2) is 18.4 Å². The lowest BCUT2D eigenvalue weighted by Crippen LogP contribution is -2.36. The van der Waals surface area contributed by atoms with Crippen LogP contribution in [0.25, 0.3) is 0 Å². The van der Waals surface area contributed by atoms with Gasteiger partial charge in [0.25, 0.3) is 0 Å². The van der Waals surface area contributed by atoms with E-state index in [0.29, 0.717) is 0 Å². The monoisotopic (exact) mass is 231 g/mol. The number of ketones is 1. The van der Waals surface area contributed by atoms with Gasteiger partial charge in [0.05, 0.1) is 6.04 Å². The third kappa shape index (κ3) is 3.16. The van der Waals surface area contributed by atoms with Crippen LogP contribution in [0.15, 0.2) is 24.3 Å². The van der Waals surface area contributed by atoms with Crippen molar-refractivity contribution in [1.29, 1.82) is 0 Å². The molecule has 0 aromatic heterocycles. The Hall–Kier alpha value is -1.15. The van der Waals surface area contributed by atoms with Gasteiger partial charge in [-0.3, -0.25) is 4.79 Å². The Morgan fingerprint density at radius 3 is 2.71 bits per heavy atom. The molecule has 0 bridgehead atoms. The zero-order chi connectivity index (χ0) is 12.1. The van der Waals surface area contributed by atoms with Crippen LogP contribution in [0.2, 0.25) is 0 Å². The van der Waals surface area contributed by atoms with Crippen LogP contribution in [0.5, 0.6) is 0 Å². The van der Waals surface area contributed by atoms with Crippen molar-refractivity contribution in [1.82, 2.24) is 5.32 Å². The summed E-state index contributed by atoms with van der Waals surface area (Å²) in [4.78, 5) is 12.3. The first kappa shape index (κ1) is 12.3. The minimum atomic E-state index is 0.0324. The lowest BCUT2D eigenvalue weighted by Gasteiger charge is -2.14. The van der Waals surface area contributed by atoms with Crippen molar-refractivity contribution in [3.05, 3.63) is 35.4 Å². The van der Waals surface area contributed by atoms with E-state index < -0.39 is 0 Å². The SMILES string of the molecule is CCc1ccc(C(=O)C2CCCCCN2)cc1. The minimum Gasteiger partial charge on any atom is -0.307 e.